The summed E-state index contributed by atoms with van der Waals surface area (Å²) in [6.45, 7) is 9.37. The Morgan fingerprint density at radius 1 is 1.30 bits per heavy atom. The highest BCUT2D eigenvalue weighted by Crippen LogP contribution is 2.34. The lowest BCUT2D eigenvalue weighted by atomic mass is 9.87. The van der Waals surface area contributed by atoms with Gasteiger partial charge in [0.05, 0.1) is 0 Å². The molecule has 1 saturated heterocycles. The Hall–Kier alpha value is -0.120. The third-order valence-electron chi connectivity index (χ3n) is 5.57. The van der Waals surface area contributed by atoms with Crippen LogP contribution in [0.5, 0.6) is 0 Å². The first-order valence-electron chi connectivity index (χ1n) is 8.69. The number of unbranched alkanes of at least 4 members (excludes halogenated alkanes) is 1. The number of ether oxygens (including phenoxy) is 1. The van der Waals surface area contributed by atoms with Gasteiger partial charge in [0.1, 0.15) is 0 Å². The van der Waals surface area contributed by atoms with E-state index in [1.807, 2.05) is 0 Å². The quantitative estimate of drug-likeness (QED) is 0.726. The molecular formula is C17H34N2O. The summed E-state index contributed by atoms with van der Waals surface area (Å²) in [4.78, 5) is 2.80. The van der Waals surface area contributed by atoms with E-state index < -0.39 is 0 Å². The predicted octanol–water partition coefficient (Wildman–Crippen LogP) is 3.05. The molecule has 0 aromatic carbocycles. The van der Waals surface area contributed by atoms with E-state index in [4.69, 9.17) is 4.74 Å². The molecule has 2 unspecified atom stereocenters. The van der Waals surface area contributed by atoms with Crippen molar-refractivity contribution in [2.45, 2.75) is 70.4 Å². The standard InChI is InChI=1S/C17H34N2O/c1-4-15(2)16-13-18-17(9-5-6-10-17)14-19(16)11-7-8-12-20-3/h15-16,18H,4-14H2,1-3H3. The first kappa shape index (κ1) is 16.3. The van der Waals surface area contributed by atoms with Crippen LogP contribution < -0.4 is 5.32 Å². The smallest absolute Gasteiger partial charge is 0.0462 e. The molecule has 1 heterocycles. The maximum atomic E-state index is 5.19. The van der Waals surface area contributed by atoms with Gasteiger partial charge in [0, 0.05) is 38.4 Å². The molecule has 1 spiro atoms. The van der Waals surface area contributed by atoms with Crippen LogP contribution in [-0.4, -0.2) is 49.8 Å². The van der Waals surface area contributed by atoms with Crippen LogP contribution in [-0.2, 0) is 4.74 Å². The fraction of sp³-hybridized carbons (Fsp3) is 1.00. The van der Waals surface area contributed by atoms with E-state index in [1.165, 1.54) is 64.6 Å². The lowest BCUT2D eigenvalue weighted by molar-refractivity contribution is 0.0488. The Kier molecular flexibility index (Phi) is 6.31. The van der Waals surface area contributed by atoms with Crippen molar-refractivity contribution >= 4 is 0 Å². The van der Waals surface area contributed by atoms with Crippen molar-refractivity contribution in [3.8, 4) is 0 Å². The first-order valence-corrected chi connectivity index (χ1v) is 8.69. The van der Waals surface area contributed by atoms with Crippen LogP contribution in [0.25, 0.3) is 0 Å². The third-order valence-corrected chi connectivity index (χ3v) is 5.57. The van der Waals surface area contributed by atoms with Gasteiger partial charge in [-0.1, -0.05) is 33.1 Å². The van der Waals surface area contributed by atoms with Crippen LogP contribution in [0.15, 0.2) is 0 Å². The highest BCUT2D eigenvalue weighted by molar-refractivity contribution is 5.01. The minimum absolute atomic E-state index is 0.450. The van der Waals surface area contributed by atoms with E-state index in [2.05, 4.69) is 24.1 Å². The number of hydrogen-bond donors (Lipinski definition) is 1. The lowest BCUT2D eigenvalue weighted by Gasteiger charge is -2.48. The summed E-state index contributed by atoms with van der Waals surface area (Å²) in [5, 5.41) is 3.92. The van der Waals surface area contributed by atoms with Gasteiger partial charge < -0.3 is 10.1 Å². The van der Waals surface area contributed by atoms with E-state index in [9.17, 15) is 0 Å². The summed E-state index contributed by atoms with van der Waals surface area (Å²) in [6.07, 6.45) is 9.35. The SMILES string of the molecule is CCC(C)C1CNC2(CCCC2)CN1CCCCOC. The molecule has 1 saturated carbocycles. The second-order valence-electron chi connectivity index (χ2n) is 6.99. The Morgan fingerprint density at radius 2 is 2.05 bits per heavy atom. The molecule has 2 atom stereocenters. The summed E-state index contributed by atoms with van der Waals surface area (Å²) in [6, 6.07) is 0.730. The van der Waals surface area contributed by atoms with Gasteiger partial charge in [0.15, 0.2) is 0 Å². The molecule has 0 aromatic rings. The summed E-state index contributed by atoms with van der Waals surface area (Å²) in [7, 11) is 1.81. The van der Waals surface area contributed by atoms with Gasteiger partial charge in [-0.2, -0.15) is 0 Å². The van der Waals surface area contributed by atoms with Crippen molar-refractivity contribution in [2.24, 2.45) is 5.92 Å². The second kappa shape index (κ2) is 7.77. The fourth-order valence-electron chi connectivity index (χ4n) is 4.04. The summed E-state index contributed by atoms with van der Waals surface area (Å²) >= 11 is 0. The summed E-state index contributed by atoms with van der Waals surface area (Å²) in [5.74, 6) is 0.795. The molecule has 0 radical (unpaired) electrons. The van der Waals surface area contributed by atoms with Crippen molar-refractivity contribution in [3.05, 3.63) is 0 Å². The minimum Gasteiger partial charge on any atom is -0.385 e. The molecule has 2 fully saturated rings. The molecule has 0 bridgehead atoms. The number of methoxy groups -OCH3 is 1. The van der Waals surface area contributed by atoms with Gasteiger partial charge in [-0.25, -0.2) is 0 Å². The molecule has 2 aliphatic rings. The fourth-order valence-corrected chi connectivity index (χ4v) is 4.04. The summed E-state index contributed by atoms with van der Waals surface area (Å²) < 4.78 is 5.19. The van der Waals surface area contributed by atoms with Crippen LogP contribution in [0.1, 0.15) is 58.8 Å². The van der Waals surface area contributed by atoms with Gasteiger partial charge in [-0.05, 0) is 38.1 Å². The third kappa shape index (κ3) is 3.96. The number of nitrogens with zero attached hydrogens (tertiary/aromatic N) is 1. The molecule has 118 valence electrons. The monoisotopic (exact) mass is 282 g/mol. The molecule has 3 nitrogen and oxygen atoms in total. The first-order chi connectivity index (χ1) is 9.71. The average Bonchev–Trinajstić information content (AvgIpc) is 2.91. The van der Waals surface area contributed by atoms with Crippen LogP contribution in [0.2, 0.25) is 0 Å². The Balaban J connectivity index is 1.91. The maximum Gasteiger partial charge on any atom is 0.0462 e. The lowest BCUT2D eigenvalue weighted by Crippen LogP contribution is -2.64. The van der Waals surface area contributed by atoms with Crippen molar-refractivity contribution in [1.82, 2.24) is 10.2 Å². The highest BCUT2D eigenvalue weighted by Gasteiger charge is 2.41. The predicted molar refractivity (Wildman–Crippen MR) is 85.1 cm³/mol. The van der Waals surface area contributed by atoms with Crippen molar-refractivity contribution in [1.29, 1.82) is 0 Å². The van der Waals surface area contributed by atoms with Crippen LogP contribution >= 0.6 is 0 Å². The molecular weight excluding hydrogens is 248 g/mol. The van der Waals surface area contributed by atoms with Crippen LogP contribution in [0, 0.1) is 5.92 Å². The number of rotatable bonds is 7. The molecule has 0 amide bonds. The van der Waals surface area contributed by atoms with E-state index in [1.54, 1.807) is 7.11 Å². The van der Waals surface area contributed by atoms with Gasteiger partial charge in [0.25, 0.3) is 0 Å². The molecule has 1 aliphatic heterocycles. The van der Waals surface area contributed by atoms with Gasteiger partial charge in [-0.15, -0.1) is 0 Å². The molecule has 1 N–H and O–H groups in total. The molecule has 3 heteroatoms. The zero-order valence-electron chi connectivity index (χ0n) is 13.8. The normalized spacial score (nSPS) is 28.1. The topological polar surface area (TPSA) is 24.5 Å². The van der Waals surface area contributed by atoms with Crippen LogP contribution in [0.4, 0.5) is 0 Å². The molecule has 2 rings (SSSR count). The Bertz CT molecular complexity index is 276. The minimum atomic E-state index is 0.450. The van der Waals surface area contributed by atoms with Crippen molar-refractivity contribution in [3.63, 3.8) is 0 Å². The Labute approximate surface area is 125 Å². The van der Waals surface area contributed by atoms with E-state index in [0.29, 0.717) is 5.54 Å². The number of hydrogen-bond acceptors (Lipinski definition) is 3. The maximum absolute atomic E-state index is 5.19. The van der Waals surface area contributed by atoms with Crippen LogP contribution in [0.3, 0.4) is 0 Å². The molecule has 1 aliphatic carbocycles. The van der Waals surface area contributed by atoms with Crippen molar-refractivity contribution in [2.75, 3.05) is 33.4 Å². The zero-order chi connectivity index (χ0) is 14.4. The van der Waals surface area contributed by atoms with Crippen molar-refractivity contribution < 1.29 is 4.74 Å². The van der Waals surface area contributed by atoms with E-state index in [0.717, 1.165) is 18.6 Å². The largest absolute Gasteiger partial charge is 0.385 e. The molecule has 0 aromatic heterocycles. The van der Waals surface area contributed by atoms with Gasteiger partial charge in [-0.3, -0.25) is 4.90 Å². The zero-order valence-corrected chi connectivity index (χ0v) is 13.8. The van der Waals surface area contributed by atoms with E-state index in [-0.39, 0.29) is 0 Å². The molecule has 20 heavy (non-hydrogen) atoms. The van der Waals surface area contributed by atoms with Gasteiger partial charge >= 0.3 is 0 Å². The average molecular weight is 282 g/mol. The number of piperazine rings is 1. The van der Waals surface area contributed by atoms with E-state index >= 15 is 0 Å². The highest BCUT2D eigenvalue weighted by atomic mass is 16.5. The summed E-state index contributed by atoms with van der Waals surface area (Å²) in [5.41, 5.74) is 0.450. The number of nitrogens with one attached hydrogen (secondary N) is 1. The second-order valence-corrected chi connectivity index (χ2v) is 6.99. The Morgan fingerprint density at radius 3 is 2.70 bits per heavy atom. The van der Waals surface area contributed by atoms with Gasteiger partial charge in [0.2, 0.25) is 0 Å².